The van der Waals surface area contributed by atoms with E-state index in [1.54, 1.807) is 19.1 Å². The maximum Gasteiger partial charge on any atom is 0.508 e. The third-order valence-electron chi connectivity index (χ3n) is 10.3. The highest BCUT2D eigenvalue weighted by atomic mass is 16.8. The number of piperazine rings is 1. The van der Waals surface area contributed by atoms with E-state index in [2.05, 4.69) is 15.6 Å². The van der Waals surface area contributed by atoms with Gasteiger partial charge in [0.2, 0.25) is 11.8 Å². The number of pyridine rings is 1. The second-order valence-electron chi connectivity index (χ2n) is 14.3. The molecule has 2 aromatic rings. The third kappa shape index (κ3) is 9.94. The summed E-state index contributed by atoms with van der Waals surface area (Å²) in [5, 5.41) is 6.32. The van der Waals surface area contributed by atoms with Crippen LogP contribution in [-0.2, 0) is 38.1 Å². The minimum atomic E-state index is -1.20. The first-order valence-corrected chi connectivity index (χ1v) is 19.1. The van der Waals surface area contributed by atoms with Crippen LogP contribution in [0.4, 0.5) is 9.59 Å². The molecule has 3 aliphatic heterocycles. The standard InChI is InChI=1S/C38H48N6O12/c1-3-52-37(50)43-16-14-42(15-17-43)36(49)27(11-12-33(46)54-20-25-21-55-38(51)56-25)41-34(47)29-19-31(26-10-9-23(2)18-28(26)40-29)53-22-32(45)44-13-5-8-30(44)35(48)39-24-6-4-7-24/h9-10,18-19,24-25,27,30H,3-8,11-17,20-22H2,1-2H3,(H,39,48)(H,41,47)/t25-,27?,30-/m0/s1. The van der Waals surface area contributed by atoms with Crippen LogP contribution in [0.25, 0.3) is 10.9 Å². The lowest BCUT2D eigenvalue weighted by Crippen LogP contribution is -2.56. The second-order valence-corrected chi connectivity index (χ2v) is 14.3. The lowest BCUT2D eigenvalue weighted by atomic mass is 9.93. The van der Waals surface area contributed by atoms with Crippen molar-refractivity contribution in [3.63, 3.8) is 0 Å². The molecule has 18 nitrogen and oxygen atoms in total. The van der Waals surface area contributed by atoms with Gasteiger partial charge in [-0.05, 0) is 70.1 Å². The highest BCUT2D eigenvalue weighted by Gasteiger charge is 2.36. The van der Waals surface area contributed by atoms with E-state index in [4.69, 9.17) is 23.7 Å². The van der Waals surface area contributed by atoms with Gasteiger partial charge in [0.15, 0.2) is 12.7 Å². The molecule has 18 heteroatoms. The number of carbonyl (C=O) groups is 7. The maximum absolute atomic E-state index is 13.9. The van der Waals surface area contributed by atoms with Gasteiger partial charge in [-0.3, -0.25) is 24.0 Å². The van der Waals surface area contributed by atoms with E-state index >= 15 is 0 Å². The fourth-order valence-corrected chi connectivity index (χ4v) is 6.95. The Labute approximate surface area is 323 Å². The maximum atomic E-state index is 13.9. The van der Waals surface area contributed by atoms with Crippen LogP contribution in [0.3, 0.4) is 0 Å². The summed E-state index contributed by atoms with van der Waals surface area (Å²) in [4.78, 5) is 99.4. The van der Waals surface area contributed by atoms with E-state index in [0.717, 1.165) is 24.8 Å². The number of hydrogen-bond acceptors (Lipinski definition) is 13. The molecule has 0 spiro atoms. The van der Waals surface area contributed by atoms with Crippen molar-refractivity contribution in [3.8, 4) is 5.75 Å². The summed E-state index contributed by atoms with van der Waals surface area (Å²) in [6, 6.07) is 5.16. The number of fused-ring (bicyclic) bond motifs is 1. The van der Waals surface area contributed by atoms with Crippen LogP contribution in [0.1, 0.15) is 67.9 Å². The number of ether oxygens (including phenoxy) is 5. The average molecular weight is 781 g/mol. The van der Waals surface area contributed by atoms with Gasteiger partial charge in [-0.15, -0.1) is 0 Å². The lowest BCUT2D eigenvalue weighted by molar-refractivity contribution is -0.146. The smallest absolute Gasteiger partial charge is 0.483 e. The summed E-state index contributed by atoms with van der Waals surface area (Å²) >= 11 is 0. The molecule has 4 aliphatic rings. The van der Waals surface area contributed by atoms with Crippen LogP contribution in [0.2, 0.25) is 0 Å². The highest BCUT2D eigenvalue weighted by Crippen LogP contribution is 2.28. The Morgan fingerprint density at radius 2 is 1.73 bits per heavy atom. The van der Waals surface area contributed by atoms with Crippen molar-refractivity contribution in [2.45, 2.75) is 83.0 Å². The van der Waals surface area contributed by atoms with Gasteiger partial charge in [-0.1, -0.05) is 6.07 Å². The summed E-state index contributed by atoms with van der Waals surface area (Å²) < 4.78 is 26.0. The van der Waals surface area contributed by atoms with Crippen molar-refractivity contribution in [1.82, 2.24) is 30.3 Å². The Kier molecular flexibility index (Phi) is 13.1. The van der Waals surface area contributed by atoms with Gasteiger partial charge in [0.05, 0.1) is 12.1 Å². The lowest BCUT2D eigenvalue weighted by Gasteiger charge is -2.36. The number of hydrogen-bond donors (Lipinski definition) is 2. The molecule has 3 atom stereocenters. The van der Waals surface area contributed by atoms with E-state index in [-0.39, 0.29) is 94.7 Å². The van der Waals surface area contributed by atoms with Crippen LogP contribution in [0, 0.1) is 6.92 Å². The number of benzene rings is 1. The van der Waals surface area contributed by atoms with Gasteiger partial charge in [0.25, 0.3) is 11.8 Å². The zero-order chi connectivity index (χ0) is 39.8. The summed E-state index contributed by atoms with van der Waals surface area (Å²) in [7, 11) is 0. The Bertz CT molecular complexity index is 1830. The number of rotatable bonds is 14. The van der Waals surface area contributed by atoms with Crippen molar-refractivity contribution >= 4 is 52.7 Å². The van der Waals surface area contributed by atoms with Gasteiger partial charge >= 0.3 is 18.2 Å². The van der Waals surface area contributed by atoms with Gasteiger partial charge in [0, 0.05) is 56.6 Å². The number of nitrogens with zero attached hydrogens (tertiary/aromatic N) is 4. The number of carbonyl (C=O) groups excluding carboxylic acids is 7. The number of cyclic esters (lactones) is 2. The molecule has 302 valence electrons. The van der Waals surface area contributed by atoms with Crippen LogP contribution < -0.4 is 15.4 Å². The Morgan fingerprint density at radius 3 is 2.43 bits per heavy atom. The second kappa shape index (κ2) is 18.3. The average Bonchev–Trinajstić information content (AvgIpc) is 3.85. The number of esters is 1. The predicted octanol–water partition coefficient (Wildman–Crippen LogP) is 1.84. The molecule has 4 fully saturated rings. The fourth-order valence-electron chi connectivity index (χ4n) is 6.95. The minimum Gasteiger partial charge on any atom is -0.483 e. The van der Waals surface area contributed by atoms with Crippen molar-refractivity contribution in [1.29, 1.82) is 0 Å². The molecule has 1 aromatic carbocycles. The van der Waals surface area contributed by atoms with E-state index in [9.17, 15) is 33.6 Å². The quantitative estimate of drug-likeness (QED) is 0.207. The van der Waals surface area contributed by atoms with Crippen molar-refractivity contribution < 1.29 is 57.2 Å². The zero-order valence-corrected chi connectivity index (χ0v) is 31.6. The number of amides is 5. The molecule has 1 aliphatic carbocycles. The van der Waals surface area contributed by atoms with Gasteiger partial charge in [-0.2, -0.15) is 0 Å². The molecule has 1 saturated carbocycles. The normalized spacial score (nSPS) is 20.0. The number of aryl methyl sites for hydroxylation is 1. The molecular formula is C38H48N6O12. The molecule has 5 amide bonds. The molecule has 56 heavy (non-hydrogen) atoms. The molecule has 2 N–H and O–H groups in total. The fraction of sp³-hybridized carbons (Fsp3) is 0.579. The van der Waals surface area contributed by atoms with Crippen molar-refractivity contribution in [3.05, 3.63) is 35.5 Å². The predicted molar refractivity (Wildman–Crippen MR) is 195 cm³/mol. The topological polar surface area (TPSA) is 212 Å². The van der Waals surface area contributed by atoms with Gasteiger partial charge in [0.1, 0.15) is 36.7 Å². The molecule has 0 radical (unpaired) electrons. The summed E-state index contributed by atoms with van der Waals surface area (Å²) in [5.74, 6) is -2.21. The molecule has 6 rings (SSSR count). The molecule has 1 unspecified atom stereocenters. The summed E-state index contributed by atoms with van der Waals surface area (Å²) in [5.41, 5.74) is 1.17. The van der Waals surface area contributed by atoms with Crippen LogP contribution >= 0.6 is 0 Å². The summed E-state index contributed by atoms with van der Waals surface area (Å²) in [6.07, 6.45) is 1.71. The van der Waals surface area contributed by atoms with Gasteiger partial charge in [-0.25, -0.2) is 14.6 Å². The van der Waals surface area contributed by atoms with E-state index in [0.29, 0.717) is 30.3 Å². The first-order chi connectivity index (χ1) is 27.0. The van der Waals surface area contributed by atoms with Crippen LogP contribution in [-0.4, -0.2) is 145 Å². The molecular weight excluding hydrogens is 732 g/mol. The largest absolute Gasteiger partial charge is 0.508 e. The Hall–Kier alpha value is -5.68. The van der Waals surface area contributed by atoms with E-state index in [1.165, 1.54) is 20.8 Å². The Morgan fingerprint density at radius 1 is 0.964 bits per heavy atom. The molecule has 1 aromatic heterocycles. The number of nitrogens with one attached hydrogen (secondary N) is 2. The van der Waals surface area contributed by atoms with E-state index in [1.807, 2.05) is 13.0 Å². The summed E-state index contributed by atoms with van der Waals surface area (Å²) in [6.45, 7) is 4.29. The highest BCUT2D eigenvalue weighted by molar-refractivity contribution is 5.99. The number of aromatic nitrogens is 1. The van der Waals surface area contributed by atoms with Crippen LogP contribution in [0.5, 0.6) is 5.75 Å². The van der Waals surface area contributed by atoms with E-state index < -0.39 is 48.2 Å². The van der Waals surface area contributed by atoms with Crippen LogP contribution in [0.15, 0.2) is 24.3 Å². The SMILES string of the molecule is CCOC(=O)N1CCN(C(=O)C(CCC(=O)OC[C@H]2COC(=O)O2)NC(=O)c2cc(OCC(=O)N3CCC[C@H]3C(=O)NC3CCC3)c3ccc(C)cc3n2)CC1. The van der Waals surface area contributed by atoms with Gasteiger partial charge < -0.3 is 49.0 Å². The monoisotopic (exact) mass is 780 g/mol. The minimum absolute atomic E-state index is 0.0600. The third-order valence-corrected chi connectivity index (χ3v) is 10.3. The first-order valence-electron chi connectivity index (χ1n) is 19.1. The molecule has 3 saturated heterocycles. The van der Waals surface area contributed by atoms with Crippen molar-refractivity contribution in [2.75, 3.05) is 59.2 Å². The molecule has 4 heterocycles. The molecule has 0 bridgehead atoms. The first kappa shape index (κ1) is 40.0. The number of likely N-dealkylation sites (tertiary alicyclic amines) is 1. The van der Waals surface area contributed by atoms with Crippen molar-refractivity contribution in [2.24, 2.45) is 0 Å². The Balaban J connectivity index is 1.15. The zero-order valence-electron chi connectivity index (χ0n) is 31.6.